The van der Waals surface area contributed by atoms with E-state index in [1.54, 1.807) is 17.5 Å². The van der Waals surface area contributed by atoms with Gasteiger partial charge in [-0.2, -0.15) is 0 Å². The molecule has 1 aliphatic rings. The molecule has 36 heavy (non-hydrogen) atoms. The molecular formula is C24H16F2N2O5S3. The molecule has 3 N–H and O–H groups in total. The van der Waals surface area contributed by atoms with Gasteiger partial charge in [0.05, 0.1) is 4.91 Å². The molecule has 7 nitrogen and oxygen atoms in total. The second-order valence-electron chi connectivity index (χ2n) is 7.56. The van der Waals surface area contributed by atoms with Gasteiger partial charge in [-0.3, -0.25) is 14.5 Å². The molecule has 3 aromatic rings. The van der Waals surface area contributed by atoms with Gasteiger partial charge >= 0.3 is 5.97 Å². The first-order valence-electron chi connectivity index (χ1n) is 10.3. The second kappa shape index (κ2) is 10.6. The number of carboxylic acid groups (broad SMARTS) is 1. The van der Waals surface area contributed by atoms with Gasteiger partial charge in [-0.25, -0.2) is 13.6 Å². The van der Waals surface area contributed by atoms with Crippen molar-refractivity contribution in [3.63, 3.8) is 0 Å². The fourth-order valence-electron chi connectivity index (χ4n) is 3.35. The standard InChI is InChI=1S/C24H16F2N2O5S3/c25-14-5-12(6-15(26)8-14)13-7-17(35-11-13)10-20-22(31)28(24(34)36-20)4-3-21(30)27-16-1-2-18(23(32)33)19(29)9-16/h1-2,5-11,29H,3-4H2,(H,27,30)(H,32,33)/b20-10+. The minimum Gasteiger partial charge on any atom is -0.507 e. The predicted molar refractivity (Wildman–Crippen MR) is 138 cm³/mol. The van der Waals surface area contributed by atoms with Crippen LogP contribution in [0.5, 0.6) is 5.75 Å². The maximum Gasteiger partial charge on any atom is 0.339 e. The topological polar surface area (TPSA) is 107 Å². The average molecular weight is 547 g/mol. The summed E-state index contributed by atoms with van der Waals surface area (Å²) in [6.07, 6.45) is 1.55. The Kier molecular flexibility index (Phi) is 7.48. The number of aromatic hydroxyl groups is 1. The summed E-state index contributed by atoms with van der Waals surface area (Å²) in [5.74, 6) is -3.97. The van der Waals surface area contributed by atoms with Crippen molar-refractivity contribution >= 4 is 69.2 Å². The first-order valence-corrected chi connectivity index (χ1v) is 12.4. The quantitative estimate of drug-likeness (QED) is 0.272. The van der Waals surface area contributed by atoms with E-state index in [-0.39, 0.29) is 34.4 Å². The number of thioether (sulfide) groups is 1. The van der Waals surface area contributed by atoms with E-state index in [1.807, 2.05) is 0 Å². The van der Waals surface area contributed by atoms with Crippen LogP contribution in [-0.2, 0) is 9.59 Å². The van der Waals surface area contributed by atoms with Crippen molar-refractivity contribution in [2.75, 3.05) is 11.9 Å². The summed E-state index contributed by atoms with van der Waals surface area (Å²) >= 11 is 7.67. The first kappa shape index (κ1) is 25.5. The summed E-state index contributed by atoms with van der Waals surface area (Å²) in [6, 6.07) is 8.59. The highest BCUT2D eigenvalue weighted by Gasteiger charge is 2.32. The van der Waals surface area contributed by atoms with Crippen molar-refractivity contribution < 1.29 is 33.4 Å². The lowest BCUT2D eigenvalue weighted by molar-refractivity contribution is -0.122. The van der Waals surface area contributed by atoms with Gasteiger partial charge in [-0.1, -0.05) is 24.0 Å². The van der Waals surface area contributed by atoms with Gasteiger partial charge in [0.1, 0.15) is 27.3 Å². The lowest BCUT2D eigenvalue weighted by Gasteiger charge is -2.14. The van der Waals surface area contributed by atoms with Gasteiger partial charge in [0.25, 0.3) is 5.91 Å². The van der Waals surface area contributed by atoms with Crippen LogP contribution in [0.3, 0.4) is 0 Å². The lowest BCUT2D eigenvalue weighted by atomic mass is 10.1. The Morgan fingerprint density at radius 3 is 2.47 bits per heavy atom. The monoisotopic (exact) mass is 546 g/mol. The van der Waals surface area contributed by atoms with Crippen LogP contribution in [0, 0.1) is 11.6 Å². The number of anilines is 1. The number of thiophene rings is 1. The fraction of sp³-hybridized carbons (Fsp3) is 0.0833. The van der Waals surface area contributed by atoms with Gasteiger partial charge in [0, 0.05) is 35.7 Å². The molecule has 184 valence electrons. The maximum absolute atomic E-state index is 13.5. The molecule has 0 spiro atoms. The summed E-state index contributed by atoms with van der Waals surface area (Å²) in [5.41, 5.74) is 0.907. The number of carbonyl (C=O) groups is 3. The molecule has 0 bridgehead atoms. The molecule has 0 unspecified atom stereocenters. The number of halogens is 2. The normalized spacial score (nSPS) is 14.5. The number of nitrogens with zero attached hydrogens (tertiary/aromatic N) is 1. The van der Waals surface area contributed by atoms with Crippen molar-refractivity contribution in [3.8, 4) is 16.9 Å². The van der Waals surface area contributed by atoms with E-state index in [1.165, 1.54) is 40.5 Å². The number of thiocarbonyl (C=S) groups is 1. The third-order valence-corrected chi connectivity index (χ3v) is 7.29. The molecule has 1 saturated heterocycles. The molecule has 1 aromatic heterocycles. The van der Waals surface area contributed by atoms with Gasteiger partial charge in [0.15, 0.2) is 0 Å². The minimum atomic E-state index is -1.30. The van der Waals surface area contributed by atoms with Gasteiger partial charge < -0.3 is 15.5 Å². The molecular weight excluding hydrogens is 530 g/mol. The zero-order chi connectivity index (χ0) is 26.0. The molecule has 2 aromatic carbocycles. The van der Waals surface area contributed by atoms with Crippen LogP contribution in [0.2, 0.25) is 0 Å². The molecule has 1 aliphatic heterocycles. The van der Waals surface area contributed by atoms with Crippen LogP contribution >= 0.6 is 35.3 Å². The van der Waals surface area contributed by atoms with E-state index in [9.17, 15) is 28.3 Å². The van der Waals surface area contributed by atoms with Crippen LogP contribution in [-0.4, -0.2) is 43.8 Å². The highest BCUT2D eigenvalue weighted by Crippen LogP contribution is 2.35. The van der Waals surface area contributed by atoms with Crippen LogP contribution in [0.15, 0.2) is 52.7 Å². The Labute approximate surface area is 217 Å². The van der Waals surface area contributed by atoms with E-state index < -0.39 is 29.3 Å². The fourth-order valence-corrected chi connectivity index (χ4v) is 5.57. The van der Waals surface area contributed by atoms with Crippen molar-refractivity contribution in [1.29, 1.82) is 0 Å². The van der Waals surface area contributed by atoms with Crippen molar-refractivity contribution in [1.82, 2.24) is 4.90 Å². The Morgan fingerprint density at radius 1 is 1.08 bits per heavy atom. The Balaban J connectivity index is 1.38. The zero-order valence-electron chi connectivity index (χ0n) is 18.2. The van der Waals surface area contributed by atoms with Gasteiger partial charge in [0.2, 0.25) is 5.91 Å². The Morgan fingerprint density at radius 2 is 1.81 bits per heavy atom. The number of carboxylic acids is 1. The smallest absolute Gasteiger partial charge is 0.339 e. The summed E-state index contributed by atoms with van der Waals surface area (Å²) < 4.78 is 27.3. The molecule has 12 heteroatoms. The molecule has 0 saturated carbocycles. The molecule has 2 amide bonds. The summed E-state index contributed by atoms with van der Waals surface area (Å²) in [5, 5.41) is 23.0. The predicted octanol–water partition coefficient (Wildman–Crippen LogP) is 5.33. The molecule has 0 atom stereocenters. The largest absolute Gasteiger partial charge is 0.507 e. The first-order chi connectivity index (χ1) is 17.1. The number of benzene rings is 2. The molecule has 0 radical (unpaired) electrons. The van der Waals surface area contributed by atoms with E-state index in [0.717, 1.165) is 23.9 Å². The molecule has 0 aliphatic carbocycles. The van der Waals surface area contributed by atoms with E-state index in [2.05, 4.69) is 5.32 Å². The number of amides is 2. The van der Waals surface area contributed by atoms with Crippen LogP contribution in [0.1, 0.15) is 21.7 Å². The Hall–Kier alpha value is -3.61. The second-order valence-corrected chi connectivity index (χ2v) is 10.2. The number of carbonyl (C=O) groups excluding carboxylic acids is 2. The number of phenols is 1. The SMILES string of the molecule is O=C(CCN1C(=O)/C(=C\c2cc(-c3cc(F)cc(F)c3)cs2)SC1=S)Nc1ccc(C(=O)O)c(O)c1. The molecule has 4 rings (SSSR count). The van der Waals surface area contributed by atoms with Crippen LogP contribution in [0.4, 0.5) is 14.5 Å². The Bertz CT molecular complexity index is 1420. The van der Waals surface area contributed by atoms with E-state index in [4.69, 9.17) is 17.3 Å². The van der Waals surface area contributed by atoms with Crippen molar-refractivity contribution in [2.24, 2.45) is 0 Å². The summed E-state index contributed by atoms with van der Waals surface area (Å²) in [4.78, 5) is 38.5. The van der Waals surface area contributed by atoms with Crippen LogP contribution < -0.4 is 5.32 Å². The van der Waals surface area contributed by atoms with E-state index in [0.29, 0.717) is 20.9 Å². The van der Waals surface area contributed by atoms with Gasteiger partial charge in [-0.15, -0.1) is 11.3 Å². The lowest BCUT2D eigenvalue weighted by Crippen LogP contribution is -2.31. The van der Waals surface area contributed by atoms with Crippen molar-refractivity contribution in [3.05, 3.63) is 74.8 Å². The van der Waals surface area contributed by atoms with Gasteiger partial charge in [-0.05, 0) is 52.9 Å². The van der Waals surface area contributed by atoms with Crippen LogP contribution in [0.25, 0.3) is 17.2 Å². The minimum absolute atomic E-state index is 0.0191. The number of hydrogen-bond acceptors (Lipinski definition) is 7. The number of rotatable bonds is 7. The number of nitrogens with one attached hydrogen (secondary N) is 1. The number of hydrogen-bond donors (Lipinski definition) is 3. The summed E-state index contributed by atoms with van der Waals surface area (Å²) in [6.45, 7) is 0.0191. The molecule has 1 fully saturated rings. The average Bonchev–Trinajstić information content (AvgIpc) is 3.36. The molecule has 2 heterocycles. The summed E-state index contributed by atoms with van der Waals surface area (Å²) in [7, 11) is 0. The number of aromatic carboxylic acids is 1. The maximum atomic E-state index is 13.5. The van der Waals surface area contributed by atoms with E-state index >= 15 is 0 Å². The van der Waals surface area contributed by atoms with Crippen molar-refractivity contribution in [2.45, 2.75) is 6.42 Å². The highest BCUT2D eigenvalue weighted by atomic mass is 32.2. The third kappa shape index (κ3) is 5.78. The highest BCUT2D eigenvalue weighted by molar-refractivity contribution is 8.26. The zero-order valence-corrected chi connectivity index (χ0v) is 20.6. The third-order valence-electron chi connectivity index (χ3n) is 5.04.